The maximum Gasteiger partial charge on any atom is 0.266 e. The highest BCUT2D eigenvalue weighted by Crippen LogP contribution is 2.35. The van der Waals surface area contributed by atoms with E-state index in [2.05, 4.69) is 5.32 Å². The number of fused-ring (bicyclic) bond motifs is 1. The lowest BCUT2D eigenvalue weighted by molar-refractivity contribution is -0.122. The van der Waals surface area contributed by atoms with E-state index in [-0.39, 0.29) is 18.4 Å². The van der Waals surface area contributed by atoms with Crippen LogP contribution >= 0.6 is 11.8 Å². The van der Waals surface area contributed by atoms with Crippen molar-refractivity contribution in [1.82, 2.24) is 9.47 Å². The number of carbonyl (C=O) groups excluding carboxylic acids is 2. The summed E-state index contributed by atoms with van der Waals surface area (Å²) in [5.74, 6) is 0.549. The van der Waals surface area contributed by atoms with Gasteiger partial charge in [0.05, 0.1) is 17.7 Å². The van der Waals surface area contributed by atoms with E-state index in [1.54, 1.807) is 12.0 Å². The maximum atomic E-state index is 13.3. The summed E-state index contributed by atoms with van der Waals surface area (Å²) in [4.78, 5) is 33.1. The SMILES string of the molecule is CCN1C(=O)/C(=C\c2cn(CC(=O)Nc3cccc(C)c3)c3ccccc23)SC1=Nc1ccc(OC)cc1. The molecule has 38 heavy (non-hydrogen) atoms. The van der Waals surface area contributed by atoms with Crippen molar-refractivity contribution in [3.05, 3.63) is 95.0 Å². The fourth-order valence-corrected chi connectivity index (χ4v) is 5.43. The van der Waals surface area contributed by atoms with Crippen molar-refractivity contribution in [3.8, 4) is 5.75 Å². The van der Waals surface area contributed by atoms with Crippen molar-refractivity contribution in [3.63, 3.8) is 0 Å². The summed E-state index contributed by atoms with van der Waals surface area (Å²) in [6.07, 6.45) is 3.82. The summed E-state index contributed by atoms with van der Waals surface area (Å²) in [6.45, 7) is 4.59. The molecule has 7 nitrogen and oxygen atoms in total. The molecule has 192 valence electrons. The molecule has 0 aliphatic carbocycles. The van der Waals surface area contributed by atoms with Gasteiger partial charge in [0.25, 0.3) is 5.91 Å². The van der Waals surface area contributed by atoms with Crippen LogP contribution in [0.2, 0.25) is 0 Å². The van der Waals surface area contributed by atoms with Crippen LogP contribution in [-0.4, -0.2) is 40.1 Å². The highest BCUT2D eigenvalue weighted by molar-refractivity contribution is 8.18. The lowest BCUT2D eigenvalue weighted by Gasteiger charge is -2.12. The first-order valence-electron chi connectivity index (χ1n) is 12.3. The lowest BCUT2D eigenvalue weighted by Crippen LogP contribution is -2.28. The minimum atomic E-state index is -0.118. The number of likely N-dealkylation sites (N-methyl/N-ethyl adjacent to an activating group) is 1. The number of aliphatic imine (C=N–C) groups is 1. The van der Waals surface area contributed by atoms with E-state index in [0.717, 1.165) is 39.2 Å². The van der Waals surface area contributed by atoms with E-state index in [9.17, 15) is 9.59 Å². The topological polar surface area (TPSA) is 75.9 Å². The molecule has 0 unspecified atom stereocenters. The third-order valence-corrected chi connectivity index (χ3v) is 7.23. The van der Waals surface area contributed by atoms with Gasteiger partial charge in [-0.15, -0.1) is 0 Å². The average molecular weight is 525 g/mol. The van der Waals surface area contributed by atoms with Crippen LogP contribution in [-0.2, 0) is 16.1 Å². The summed E-state index contributed by atoms with van der Waals surface area (Å²) < 4.78 is 7.14. The van der Waals surface area contributed by atoms with Gasteiger partial charge in [-0.3, -0.25) is 14.5 Å². The molecule has 1 saturated heterocycles. The molecule has 8 heteroatoms. The Labute approximate surface area is 225 Å². The Hall–Kier alpha value is -4.30. The second-order valence-electron chi connectivity index (χ2n) is 8.90. The number of thioether (sulfide) groups is 1. The zero-order chi connectivity index (χ0) is 26.6. The van der Waals surface area contributed by atoms with Crippen molar-refractivity contribution < 1.29 is 14.3 Å². The van der Waals surface area contributed by atoms with Gasteiger partial charge in [-0.2, -0.15) is 0 Å². The van der Waals surface area contributed by atoms with Gasteiger partial charge >= 0.3 is 0 Å². The van der Waals surface area contributed by atoms with Crippen molar-refractivity contribution in [2.45, 2.75) is 20.4 Å². The van der Waals surface area contributed by atoms with Gasteiger partial charge in [-0.25, -0.2) is 4.99 Å². The minimum Gasteiger partial charge on any atom is -0.497 e. The van der Waals surface area contributed by atoms with Crippen LogP contribution in [0.15, 0.2) is 88.9 Å². The quantitative estimate of drug-likeness (QED) is 0.291. The zero-order valence-corrected chi connectivity index (χ0v) is 22.3. The second-order valence-corrected chi connectivity index (χ2v) is 9.91. The number of nitrogens with zero attached hydrogens (tertiary/aromatic N) is 3. The summed E-state index contributed by atoms with van der Waals surface area (Å²) in [6, 6.07) is 23.0. The van der Waals surface area contributed by atoms with E-state index < -0.39 is 0 Å². The summed E-state index contributed by atoms with van der Waals surface area (Å²) in [5.41, 5.74) is 4.40. The second kappa shape index (κ2) is 11.0. The number of ether oxygens (including phenoxy) is 1. The van der Waals surface area contributed by atoms with Gasteiger partial charge in [-0.1, -0.05) is 30.3 Å². The lowest BCUT2D eigenvalue weighted by atomic mass is 10.1. The Balaban J connectivity index is 1.43. The fourth-order valence-electron chi connectivity index (χ4n) is 4.38. The van der Waals surface area contributed by atoms with Gasteiger partial charge in [-0.05, 0) is 79.7 Å². The Bertz CT molecular complexity index is 1570. The maximum absolute atomic E-state index is 13.3. The van der Waals surface area contributed by atoms with Gasteiger partial charge < -0.3 is 14.6 Å². The number of nitrogens with one attached hydrogen (secondary N) is 1. The number of rotatable bonds is 7. The average Bonchev–Trinajstić information content (AvgIpc) is 3.40. The number of amides is 2. The van der Waals surface area contributed by atoms with E-state index in [1.165, 1.54) is 11.8 Å². The Morgan fingerprint density at radius 3 is 2.61 bits per heavy atom. The number of hydrogen-bond acceptors (Lipinski definition) is 5. The summed E-state index contributed by atoms with van der Waals surface area (Å²) in [7, 11) is 1.62. The molecule has 3 aromatic carbocycles. The number of methoxy groups -OCH3 is 1. The van der Waals surface area contributed by atoms with Crippen molar-refractivity contribution in [1.29, 1.82) is 0 Å². The molecule has 2 heterocycles. The normalized spacial score (nSPS) is 15.6. The van der Waals surface area contributed by atoms with Crippen LogP contribution in [0.5, 0.6) is 5.75 Å². The summed E-state index contributed by atoms with van der Waals surface area (Å²) >= 11 is 1.35. The van der Waals surface area contributed by atoms with Gasteiger partial charge in [0, 0.05) is 34.9 Å². The standard InChI is InChI=1S/C30H28N4O3S/c1-4-34-29(36)27(38-30(34)32-22-12-14-24(37-3)15-13-22)17-21-18-33(26-11-6-5-10-25(21)26)19-28(35)31-23-9-7-8-20(2)16-23/h5-18H,4,19H2,1-3H3,(H,31,35)/b27-17+,32-30?. The number of carbonyl (C=O) groups is 2. The Kier molecular flexibility index (Phi) is 7.33. The smallest absolute Gasteiger partial charge is 0.266 e. The third-order valence-electron chi connectivity index (χ3n) is 6.22. The van der Waals surface area contributed by atoms with E-state index in [0.29, 0.717) is 16.6 Å². The number of amidine groups is 1. The number of hydrogen-bond donors (Lipinski definition) is 1. The van der Waals surface area contributed by atoms with Crippen molar-refractivity contribution in [2.24, 2.45) is 4.99 Å². The molecular weight excluding hydrogens is 496 g/mol. The number of aryl methyl sites for hydroxylation is 1. The molecule has 4 aromatic rings. The van der Waals surface area contributed by atoms with Crippen molar-refractivity contribution >= 4 is 57.1 Å². The van der Waals surface area contributed by atoms with Gasteiger partial charge in [0.15, 0.2) is 5.17 Å². The van der Waals surface area contributed by atoms with Crippen LogP contribution in [0.4, 0.5) is 11.4 Å². The first kappa shape index (κ1) is 25.4. The van der Waals surface area contributed by atoms with Crippen LogP contribution in [0, 0.1) is 6.92 Å². The highest BCUT2D eigenvalue weighted by atomic mass is 32.2. The van der Waals surface area contributed by atoms with E-state index >= 15 is 0 Å². The first-order valence-corrected chi connectivity index (χ1v) is 13.2. The summed E-state index contributed by atoms with van der Waals surface area (Å²) in [5, 5.41) is 4.58. The predicted molar refractivity (Wildman–Crippen MR) is 155 cm³/mol. The fraction of sp³-hybridized carbons (Fsp3) is 0.167. The highest BCUT2D eigenvalue weighted by Gasteiger charge is 2.32. The molecule has 5 rings (SSSR count). The number of anilines is 1. The molecule has 0 spiro atoms. The number of aromatic nitrogens is 1. The molecule has 1 aliphatic heterocycles. The molecule has 2 amide bonds. The molecule has 1 fully saturated rings. The van der Waals surface area contributed by atoms with E-state index in [4.69, 9.17) is 9.73 Å². The first-order chi connectivity index (χ1) is 18.4. The van der Waals surface area contributed by atoms with Crippen LogP contribution in [0.25, 0.3) is 17.0 Å². The minimum absolute atomic E-state index is 0.0845. The predicted octanol–water partition coefficient (Wildman–Crippen LogP) is 6.22. The zero-order valence-electron chi connectivity index (χ0n) is 21.5. The largest absolute Gasteiger partial charge is 0.497 e. The van der Waals surface area contributed by atoms with Gasteiger partial charge in [0.1, 0.15) is 12.3 Å². The number of benzene rings is 3. The molecule has 0 atom stereocenters. The van der Waals surface area contributed by atoms with Crippen LogP contribution in [0.3, 0.4) is 0 Å². The third kappa shape index (κ3) is 5.35. The van der Waals surface area contributed by atoms with Crippen LogP contribution < -0.4 is 10.1 Å². The molecule has 1 aliphatic rings. The molecule has 0 saturated carbocycles. The monoisotopic (exact) mass is 524 g/mol. The van der Waals surface area contributed by atoms with Crippen LogP contribution in [0.1, 0.15) is 18.1 Å². The molecule has 1 aromatic heterocycles. The molecular formula is C30H28N4O3S. The number of para-hydroxylation sites is 1. The van der Waals surface area contributed by atoms with Gasteiger partial charge in [0.2, 0.25) is 5.91 Å². The molecule has 0 bridgehead atoms. The Morgan fingerprint density at radius 2 is 1.87 bits per heavy atom. The molecule has 0 radical (unpaired) electrons. The molecule has 1 N–H and O–H groups in total. The van der Waals surface area contributed by atoms with Crippen molar-refractivity contribution in [2.75, 3.05) is 19.0 Å². The van der Waals surface area contributed by atoms with E-state index in [1.807, 2.05) is 103 Å². The Morgan fingerprint density at radius 1 is 1.08 bits per heavy atom.